The van der Waals surface area contributed by atoms with Crippen molar-refractivity contribution in [1.82, 2.24) is 0 Å². The zero-order valence-electron chi connectivity index (χ0n) is 10.6. The summed E-state index contributed by atoms with van der Waals surface area (Å²) in [6.07, 6.45) is 6.60. The van der Waals surface area contributed by atoms with Gasteiger partial charge in [0, 0.05) is 5.25 Å². The third-order valence-corrected chi connectivity index (χ3v) is 5.75. The Kier molecular flexibility index (Phi) is 3.08. The van der Waals surface area contributed by atoms with E-state index in [1.807, 2.05) is 0 Å². The van der Waals surface area contributed by atoms with Crippen molar-refractivity contribution in [3.05, 3.63) is 29.8 Å². The summed E-state index contributed by atoms with van der Waals surface area (Å²) in [5.41, 5.74) is 1.53. The molecule has 2 aliphatic rings. The molecule has 0 spiro atoms. The Morgan fingerprint density at radius 2 is 1.88 bits per heavy atom. The predicted octanol–water partition coefficient (Wildman–Crippen LogP) is 3.94. The SMILES string of the molecule is COc1ccc([C@H]2C[C@@H]3C[C@H]2[C@@H](SC)C3)cc1. The third kappa shape index (κ3) is 1.97. The second kappa shape index (κ2) is 4.56. The van der Waals surface area contributed by atoms with E-state index in [-0.39, 0.29) is 0 Å². The Morgan fingerprint density at radius 1 is 1.12 bits per heavy atom. The molecule has 1 aromatic carbocycles. The molecular formula is C15H20OS. The molecule has 17 heavy (non-hydrogen) atoms. The van der Waals surface area contributed by atoms with Gasteiger partial charge in [-0.3, -0.25) is 0 Å². The van der Waals surface area contributed by atoms with Gasteiger partial charge in [0.1, 0.15) is 5.75 Å². The highest BCUT2D eigenvalue weighted by Gasteiger charge is 2.46. The molecule has 2 aliphatic carbocycles. The maximum absolute atomic E-state index is 5.23. The molecule has 0 amide bonds. The molecule has 2 fully saturated rings. The number of thioether (sulfide) groups is 1. The summed E-state index contributed by atoms with van der Waals surface area (Å²) in [5.74, 6) is 3.68. The van der Waals surface area contributed by atoms with Crippen molar-refractivity contribution in [3.63, 3.8) is 0 Å². The highest BCUT2D eigenvalue weighted by Crippen LogP contribution is 2.56. The van der Waals surface area contributed by atoms with Gasteiger partial charge < -0.3 is 4.74 Å². The van der Waals surface area contributed by atoms with Crippen molar-refractivity contribution in [1.29, 1.82) is 0 Å². The van der Waals surface area contributed by atoms with Crippen molar-refractivity contribution in [2.24, 2.45) is 11.8 Å². The second-order valence-corrected chi connectivity index (χ2v) is 6.47. The van der Waals surface area contributed by atoms with Gasteiger partial charge in [-0.2, -0.15) is 11.8 Å². The topological polar surface area (TPSA) is 9.23 Å². The van der Waals surface area contributed by atoms with Crippen LogP contribution in [0.3, 0.4) is 0 Å². The smallest absolute Gasteiger partial charge is 0.118 e. The van der Waals surface area contributed by atoms with E-state index in [9.17, 15) is 0 Å². The van der Waals surface area contributed by atoms with Crippen molar-refractivity contribution >= 4 is 11.8 Å². The van der Waals surface area contributed by atoms with Crippen molar-refractivity contribution in [2.75, 3.05) is 13.4 Å². The molecule has 4 atom stereocenters. The van der Waals surface area contributed by atoms with Crippen LogP contribution in [0.1, 0.15) is 30.7 Å². The summed E-state index contributed by atoms with van der Waals surface area (Å²) in [7, 11) is 1.73. The van der Waals surface area contributed by atoms with Crippen LogP contribution in [0.5, 0.6) is 5.75 Å². The Labute approximate surface area is 108 Å². The molecule has 2 saturated carbocycles. The second-order valence-electron chi connectivity index (χ2n) is 5.39. The normalized spacial score (nSPS) is 35.2. The van der Waals surface area contributed by atoms with Crippen LogP contribution >= 0.6 is 11.8 Å². The van der Waals surface area contributed by atoms with Gasteiger partial charge in [0.2, 0.25) is 0 Å². The molecule has 1 aromatic rings. The molecular weight excluding hydrogens is 228 g/mol. The Balaban J connectivity index is 1.80. The Morgan fingerprint density at radius 3 is 2.47 bits per heavy atom. The van der Waals surface area contributed by atoms with Crippen LogP contribution in [0.15, 0.2) is 24.3 Å². The summed E-state index contributed by atoms with van der Waals surface area (Å²) in [6.45, 7) is 0. The summed E-state index contributed by atoms with van der Waals surface area (Å²) < 4.78 is 5.23. The average Bonchev–Trinajstić information content (AvgIpc) is 2.98. The minimum atomic E-state index is 0.803. The molecule has 3 rings (SSSR count). The van der Waals surface area contributed by atoms with E-state index >= 15 is 0 Å². The minimum Gasteiger partial charge on any atom is -0.497 e. The molecule has 0 unspecified atom stereocenters. The number of methoxy groups -OCH3 is 1. The van der Waals surface area contributed by atoms with Crippen molar-refractivity contribution in [3.8, 4) is 5.75 Å². The van der Waals surface area contributed by atoms with Gasteiger partial charge in [0.05, 0.1) is 7.11 Å². The molecule has 0 radical (unpaired) electrons. The average molecular weight is 248 g/mol. The van der Waals surface area contributed by atoms with E-state index in [0.717, 1.165) is 28.8 Å². The molecule has 2 heteroatoms. The highest BCUT2D eigenvalue weighted by molar-refractivity contribution is 7.99. The molecule has 0 aromatic heterocycles. The Hall–Kier alpha value is -0.630. The summed E-state index contributed by atoms with van der Waals surface area (Å²) >= 11 is 2.08. The van der Waals surface area contributed by atoms with E-state index in [4.69, 9.17) is 4.74 Å². The lowest BCUT2D eigenvalue weighted by atomic mass is 9.83. The summed E-state index contributed by atoms with van der Waals surface area (Å²) in [6, 6.07) is 8.74. The fourth-order valence-corrected chi connectivity index (χ4v) is 4.91. The van der Waals surface area contributed by atoms with Crippen LogP contribution in [0.25, 0.3) is 0 Å². The largest absolute Gasteiger partial charge is 0.497 e. The Bertz CT molecular complexity index is 386. The fourth-order valence-electron chi connectivity index (χ4n) is 3.79. The van der Waals surface area contributed by atoms with Gasteiger partial charge in [0.15, 0.2) is 0 Å². The number of fused-ring (bicyclic) bond motifs is 2. The predicted molar refractivity (Wildman–Crippen MR) is 73.9 cm³/mol. The lowest BCUT2D eigenvalue weighted by molar-refractivity contribution is 0.412. The van der Waals surface area contributed by atoms with Crippen LogP contribution in [0.4, 0.5) is 0 Å². The quantitative estimate of drug-likeness (QED) is 0.801. The maximum atomic E-state index is 5.23. The van der Waals surface area contributed by atoms with Gasteiger partial charge in [-0.1, -0.05) is 12.1 Å². The van der Waals surface area contributed by atoms with Crippen LogP contribution in [0, 0.1) is 11.8 Å². The lowest BCUT2D eigenvalue weighted by Crippen LogP contribution is -2.20. The molecule has 2 bridgehead atoms. The highest BCUT2D eigenvalue weighted by atomic mass is 32.2. The van der Waals surface area contributed by atoms with E-state index in [2.05, 4.69) is 42.3 Å². The minimum absolute atomic E-state index is 0.803. The van der Waals surface area contributed by atoms with Crippen molar-refractivity contribution in [2.45, 2.75) is 30.4 Å². The lowest BCUT2D eigenvalue weighted by Gasteiger charge is -2.28. The van der Waals surface area contributed by atoms with Crippen molar-refractivity contribution < 1.29 is 4.74 Å². The van der Waals surface area contributed by atoms with Gasteiger partial charge >= 0.3 is 0 Å². The number of ether oxygens (including phenoxy) is 1. The van der Waals surface area contributed by atoms with E-state index in [1.165, 1.54) is 24.8 Å². The van der Waals surface area contributed by atoms with E-state index < -0.39 is 0 Å². The summed E-state index contributed by atoms with van der Waals surface area (Å²) in [5, 5.41) is 0.904. The zero-order chi connectivity index (χ0) is 11.8. The van der Waals surface area contributed by atoms with Crippen LogP contribution in [0.2, 0.25) is 0 Å². The number of hydrogen-bond donors (Lipinski definition) is 0. The molecule has 0 heterocycles. The van der Waals surface area contributed by atoms with Crippen LogP contribution in [-0.4, -0.2) is 18.6 Å². The molecule has 0 saturated heterocycles. The number of hydrogen-bond acceptors (Lipinski definition) is 2. The molecule has 0 N–H and O–H groups in total. The summed E-state index contributed by atoms with van der Waals surface area (Å²) in [4.78, 5) is 0. The monoisotopic (exact) mass is 248 g/mol. The fraction of sp³-hybridized carbons (Fsp3) is 0.600. The number of rotatable bonds is 3. The van der Waals surface area contributed by atoms with Gasteiger partial charge in [-0.05, 0) is 61.0 Å². The van der Waals surface area contributed by atoms with E-state index in [1.54, 1.807) is 7.11 Å². The van der Waals surface area contributed by atoms with Crippen LogP contribution in [-0.2, 0) is 0 Å². The van der Waals surface area contributed by atoms with Crippen LogP contribution < -0.4 is 4.74 Å². The van der Waals surface area contributed by atoms with Gasteiger partial charge in [-0.15, -0.1) is 0 Å². The maximum Gasteiger partial charge on any atom is 0.118 e. The molecule has 0 aliphatic heterocycles. The zero-order valence-corrected chi connectivity index (χ0v) is 11.4. The first-order valence-corrected chi connectivity index (χ1v) is 7.77. The first-order valence-electron chi connectivity index (χ1n) is 6.48. The van der Waals surface area contributed by atoms with Gasteiger partial charge in [0.25, 0.3) is 0 Å². The van der Waals surface area contributed by atoms with Gasteiger partial charge in [-0.25, -0.2) is 0 Å². The molecule has 1 nitrogen and oxygen atoms in total. The standard InChI is InChI=1S/C15H20OS/c1-16-12-5-3-11(4-6-12)13-7-10-8-14(13)15(9-10)17-2/h3-6,10,13-15H,7-9H2,1-2H3/t10-,13-,14-,15+/m1/s1. The number of benzene rings is 1. The molecule has 92 valence electrons. The first-order chi connectivity index (χ1) is 8.31. The first kappa shape index (κ1) is 11.5. The third-order valence-electron chi connectivity index (χ3n) is 4.60. The van der Waals surface area contributed by atoms with E-state index in [0.29, 0.717) is 0 Å².